The third-order valence-corrected chi connectivity index (χ3v) is 3.49. The Balaban J connectivity index is 2.13. The molecule has 90 valence electrons. The van der Waals surface area contributed by atoms with Crippen LogP contribution in [0.4, 0.5) is 0 Å². The molecule has 0 spiro atoms. The minimum absolute atomic E-state index is 0.475. The van der Waals surface area contributed by atoms with Gasteiger partial charge >= 0.3 is 0 Å². The van der Waals surface area contributed by atoms with Crippen molar-refractivity contribution in [3.63, 3.8) is 0 Å². The molecule has 0 aromatic heterocycles. The minimum Gasteiger partial charge on any atom is -0.380 e. The number of nitrogens with one attached hydrogen (secondary N) is 1. The van der Waals surface area contributed by atoms with Gasteiger partial charge in [0.2, 0.25) is 0 Å². The molecule has 1 rings (SSSR count). The summed E-state index contributed by atoms with van der Waals surface area (Å²) in [7, 11) is 0. The van der Waals surface area contributed by atoms with E-state index in [9.17, 15) is 0 Å². The zero-order chi connectivity index (χ0) is 11.1. The summed E-state index contributed by atoms with van der Waals surface area (Å²) in [4.78, 5) is 0. The fourth-order valence-corrected chi connectivity index (χ4v) is 2.42. The molecule has 0 aromatic rings. The third-order valence-electron chi connectivity index (χ3n) is 3.49. The smallest absolute Gasteiger partial charge is 0.0591 e. The summed E-state index contributed by atoms with van der Waals surface area (Å²) in [6, 6.07) is 0.691. The van der Waals surface area contributed by atoms with Gasteiger partial charge in [-0.1, -0.05) is 33.6 Å². The SMILES string of the molecule is CCCOCCNC1CCCCC1(C)C. The van der Waals surface area contributed by atoms with Crippen molar-refractivity contribution >= 4 is 0 Å². The highest BCUT2D eigenvalue weighted by Gasteiger charge is 2.31. The maximum atomic E-state index is 5.48. The van der Waals surface area contributed by atoms with Gasteiger partial charge in [-0.15, -0.1) is 0 Å². The number of hydrogen-bond acceptors (Lipinski definition) is 2. The summed E-state index contributed by atoms with van der Waals surface area (Å²) in [5.74, 6) is 0. The van der Waals surface area contributed by atoms with Crippen LogP contribution in [0.2, 0.25) is 0 Å². The lowest BCUT2D eigenvalue weighted by Gasteiger charge is -2.39. The first-order valence-corrected chi connectivity index (χ1v) is 6.48. The Hall–Kier alpha value is -0.0800. The Morgan fingerprint density at radius 3 is 2.73 bits per heavy atom. The zero-order valence-electron chi connectivity index (χ0n) is 10.6. The normalized spacial score (nSPS) is 25.4. The van der Waals surface area contributed by atoms with Gasteiger partial charge in [0.25, 0.3) is 0 Å². The van der Waals surface area contributed by atoms with Crippen LogP contribution in [0.3, 0.4) is 0 Å². The molecule has 0 saturated heterocycles. The van der Waals surface area contributed by atoms with Gasteiger partial charge < -0.3 is 10.1 Å². The number of ether oxygens (including phenoxy) is 1. The van der Waals surface area contributed by atoms with E-state index in [-0.39, 0.29) is 0 Å². The zero-order valence-corrected chi connectivity index (χ0v) is 10.6. The van der Waals surface area contributed by atoms with Crippen molar-refractivity contribution in [3.05, 3.63) is 0 Å². The summed E-state index contributed by atoms with van der Waals surface area (Å²) in [5.41, 5.74) is 0.475. The quantitative estimate of drug-likeness (QED) is 0.685. The summed E-state index contributed by atoms with van der Waals surface area (Å²) in [6.07, 6.45) is 6.60. The van der Waals surface area contributed by atoms with Gasteiger partial charge in [0, 0.05) is 19.2 Å². The second-order valence-corrected chi connectivity index (χ2v) is 5.35. The van der Waals surface area contributed by atoms with Gasteiger partial charge in [0.1, 0.15) is 0 Å². The summed E-state index contributed by atoms with van der Waals surface area (Å²) < 4.78 is 5.48. The maximum absolute atomic E-state index is 5.48. The highest BCUT2D eigenvalue weighted by Crippen LogP contribution is 2.35. The Morgan fingerprint density at radius 2 is 2.07 bits per heavy atom. The molecular weight excluding hydrogens is 186 g/mol. The van der Waals surface area contributed by atoms with Crippen LogP contribution in [0, 0.1) is 5.41 Å². The van der Waals surface area contributed by atoms with Crippen molar-refractivity contribution < 1.29 is 4.74 Å². The van der Waals surface area contributed by atoms with Crippen LogP contribution in [0.1, 0.15) is 52.9 Å². The van der Waals surface area contributed by atoms with Crippen LogP contribution in [0.25, 0.3) is 0 Å². The lowest BCUT2D eigenvalue weighted by Crippen LogP contribution is -2.45. The van der Waals surface area contributed by atoms with E-state index in [1.165, 1.54) is 25.7 Å². The highest BCUT2D eigenvalue weighted by molar-refractivity contribution is 4.87. The molecule has 1 aliphatic rings. The Bertz CT molecular complexity index is 168. The summed E-state index contributed by atoms with van der Waals surface area (Å²) in [6.45, 7) is 9.69. The predicted octanol–water partition coefficient (Wildman–Crippen LogP) is 2.97. The van der Waals surface area contributed by atoms with Gasteiger partial charge in [0.15, 0.2) is 0 Å². The first-order chi connectivity index (χ1) is 7.17. The molecule has 1 fully saturated rings. The fraction of sp³-hybridized carbons (Fsp3) is 1.00. The van der Waals surface area contributed by atoms with Crippen LogP contribution < -0.4 is 5.32 Å². The van der Waals surface area contributed by atoms with E-state index < -0.39 is 0 Å². The molecule has 1 saturated carbocycles. The van der Waals surface area contributed by atoms with Gasteiger partial charge in [-0.25, -0.2) is 0 Å². The summed E-state index contributed by atoms with van der Waals surface area (Å²) >= 11 is 0. The lowest BCUT2D eigenvalue weighted by atomic mass is 9.73. The van der Waals surface area contributed by atoms with Crippen molar-refractivity contribution in [2.24, 2.45) is 5.41 Å². The Kier molecular flexibility index (Phi) is 5.62. The average Bonchev–Trinajstić information content (AvgIpc) is 2.19. The van der Waals surface area contributed by atoms with E-state index >= 15 is 0 Å². The molecule has 1 aliphatic carbocycles. The molecule has 0 heterocycles. The van der Waals surface area contributed by atoms with E-state index in [4.69, 9.17) is 4.74 Å². The molecule has 1 unspecified atom stereocenters. The highest BCUT2D eigenvalue weighted by atomic mass is 16.5. The first-order valence-electron chi connectivity index (χ1n) is 6.48. The average molecular weight is 213 g/mol. The molecule has 0 aromatic carbocycles. The predicted molar refractivity (Wildman–Crippen MR) is 65.1 cm³/mol. The molecule has 1 N–H and O–H groups in total. The largest absolute Gasteiger partial charge is 0.380 e. The lowest BCUT2D eigenvalue weighted by molar-refractivity contribution is 0.116. The number of rotatable bonds is 6. The van der Waals surface area contributed by atoms with E-state index in [1.807, 2.05) is 0 Å². The van der Waals surface area contributed by atoms with Crippen molar-refractivity contribution in [2.45, 2.75) is 58.9 Å². The maximum Gasteiger partial charge on any atom is 0.0591 e. The van der Waals surface area contributed by atoms with Gasteiger partial charge in [-0.05, 0) is 24.7 Å². The van der Waals surface area contributed by atoms with Crippen LogP contribution in [-0.4, -0.2) is 25.8 Å². The van der Waals surface area contributed by atoms with Crippen LogP contribution in [-0.2, 0) is 4.74 Å². The van der Waals surface area contributed by atoms with Gasteiger partial charge in [-0.3, -0.25) is 0 Å². The molecule has 15 heavy (non-hydrogen) atoms. The molecular formula is C13H27NO. The monoisotopic (exact) mass is 213 g/mol. The molecule has 0 bridgehead atoms. The molecule has 2 nitrogen and oxygen atoms in total. The van der Waals surface area contributed by atoms with E-state index in [1.54, 1.807) is 0 Å². The molecule has 2 heteroatoms. The molecule has 0 amide bonds. The van der Waals surface area contributed by atoms with E-state index in [0.29, 0.717) is 11.5 Å². The van der Waals surface area contributed by atoms with Crippen LogP contribution >= 0.6 is 0 Å². The topological polar surface area (TPSA) is 21.3 Å². The van der Waals surface area contributed by atoms with Crippen molar-refractivity contribution in [2.75, 3.05) is 19.8 Å². The first kappa shape index (κ1) is 13.0. The van der Waals surface area contributed by atoms with Gasteiger partial charge in [-0.2, -0.15) is 0 Å². The second kappa shape index (κ2) is 6.49. The number of hydrogen-bond donors (Lipinski definition) is 1. The minimum atomic E-state index is 0.475. The van der Waals surface area contributed by atoms with Crippen LogP contribution in [0.15, 0.2) is 0 Å². The fourth-order valence-electron chi connectivity index (χ4n) is 2.42. The Morgan fingerprint density at radius 1 is 1.27 bits per heavy atom. The summed E-state index contributed by atoms with van der Waals surface area (Å²) in [5, 5.41) is 3.65. The van der Waals surface area contributed by atoms with Crippen molar-refractivity contribution in [1.29, 1.82) is 0 Å². The van der Waals surface area contributed by atoms with E-state index in [2.05, 4.69) is 26.1 Å². The van der Waals surface area contributed by atoms with E-state index in [0.717, 1.165) is 26.2 Å². The molecule has 1 atom stereocenters. The Labute approximate surface area is 94.8 Å². The second-order valence-electron chi connectivity index (χ2n) is 5.35. The third kappa shape index (κ3) is 4.52. The molecule has 0 radical (unpaired) electrons. The van der Waals surface area contributed by atoms with Gasteiger partial charge in [0.05, 0.1) is 6.61 Å². The van der Waals surface area contributed by atoms with Crippen molar-refractivity contribution in [3.8, 4) is 0 Å². The van der Waals surface area contributed by atoms with Crippen molar-refractivity contribution in [1.82, 2.24) is 5.32 Å². The molecule has 0 aliphatic heterocycles. The standard InChI is InChI=1S/C13H27NO/c1-4-10-15-11-9-14-12-7-5-6-8-13(12,2)3/h12,14H,4-11H2,1-3H3. The van der Waals surface area contributed by atoms with Crippen LogP contribution in [0.5, 0.6) is 0 Å².